The Balaban J connectivity index is 1.79. The van der Waals surface area contributed by atoms with Crippen LogP contribution in [-0.2, 0) is 30.4 Å². The van der Waals surface area contributed by atoms with Crippen LogP contribution in [0.4, 0.5) is 17.1 Å². The molecular weight excluding hydrogens is 679 g/mol. The number of fused-ring (bicyclic) bond motifs is 2. The van der Waals surface area contributed by atoms with Gasteiger partial charge < -0.3 is 16.0 Å². The SMILES string of the molecule is Nc1cc(Nc2cc(S(=O)(=O)O)c3[nH]c(=O)c(C(=O)c4ccccc4)c4c3c2C(=O)c2ccccc2-4)c(S(=O)(=O)O)cc1S(=O)(=O)O. The maximum absolute atomic E-state index is 14.1. The number of H-pyrrole nitrogens is 1. The van der Waals surface area contributed by atoms with Crippen LogP contribution in [0.3, 0.4) is 0 Å². The first-order valence-electron chi connectivity index (χ1n) is 13.0. The number of anilines is 3. The first-order valence-corrected chi connectivity index (χ1v) is 17.4. The Hall–Kier alpha value is -5.24. The Morgan fingerprint density at radius 1 is 0.681 bits per heavy atom. The molecule has 7 N–H and O–H groups in total. The van der Waals surface area contributed by atoms with Gasteiger partial charge in [0.15, 0.2) is 11.6 Å². The van der Waals surface area contributed by atoms with Crippen molar-refractivity contribution in [3.8, 4) is 11.1 Å². The number of carbonyl (C=O) groups excluding carboxylic acids is 2. The number of hydrogen-bond acceptors (Lipinski definition) is 11. The fourth-order valence-corrected chi connectivity index (χ4v) is 7.53. The minimum absolute atomic E-state index is 0.0482. The van der Waals surface area contributed by atoms with Crippen LogP contribution in [0, 0.1) is 0 Å². The molecule has 1 aromatic heterocycles. The van der Waals surface area contributed by atoms with E-state index in [1.54, 1.807) is 18.2 Å². The largest absolute Gasteiger partial charge is 0.398 e. The quantitative estimate of drug-likeness (QED) is 0.0795. The van der Waals surface area contributed by atoms with E-state index in [4.69, 9.17) is 5.73 Å². The second-order valence-electron chi connectivity index (χ2n) is 10.3. The van der Waals surface area contributed by atoms with E-state index in [-0.39, 0.29) is 27.6 Å². The Bertz CT molecular complexity index is 2630. The van der Waals surface area contributed by atoms with Gasteiger partial charge in [0.05, 0.1) is 33.7 Å². The first-order chi connectivity index (χ1) is 21.9. The molecule has 0 bridgehead atoms. The number of carbonyl (C=O) groups is 2. The van der Waals surface area contributed by atoms with Crippen molar-refractivity contribution in [2.24, 2.45) is 0 Å². The fourth-order valence-electron chi connectivity index (χ4n) is 5.50. The minimum Gasteiger partial charge on any atom is -0.398 e. The lowest BCUT2D eigenvalue weighted by Crippen LogP contribution is -2.25. The average Bonchev–Trinajstić information content (AvgIpc) is 2.98. The number of aromatic nitrogens is 1. The number of benzene rings is 4. The fraction of sp³-hybridized carbons (Fsp3) is 0. The van der Waals surface area contributed by atoms with Crippen molar-refractivity contribution in [1.29, 1.82) is 0 Å². The minimum atomic E-state index is -5.30. The lowest BCUT2D eigenvalue weighted by atomic mass is 9.80. The van der Waals surface area contributed by atoms with E-state index in [1.807, 2.05) is 0 Å². The number of pyridine rings is 1. The maximum atomic E-state index is 14.1. The van der Waals surface area contributed by atoms with Crippen molar-refractivity contribution in [3.05, 3.63) is 105 Å². The molecule has 1 heterocycles. The van der Waals surface area contributed by atoms with E-state index in [0.717, 1.165) is 0 Å². The van der Waals surface area contributed by atoms with Gasteiger partial charge in [-0.3, -0.25) is 28.0 Å². The lowest BCUT2D eigenvalue weighted by Gasteiger charge is -2.25. The highest BCUT2D eigenvalue weighted by molar-refractivity contribution is 7.87. The molecule has 47 heavy (non-hydrogen) atoms. The number of nitrogen functional groups attached to an aromatic ring is 1. The smallest absolute Gasteiger partial charge is 0.296 e. The van der Waals surface area contributed by atoms with Crippen molar-refractivity contribution in [2.45, 2.75) is 14.7 Å². The van der Waals surface area contributed by atoms with Crippen LogP contribution >= 0.6 is 0 Å². The highest BCUT2D eigenvalue weighted by Crippen LogP contribution is 2.46. The lowest BCUT2D eigenvalue weighted by molar-refractivity contribution is 0.102. The van der Waals surface area contributed by atoms with E-state index in [1.165, 1.54) is 36.4 Å². The molecule has 6 rings (SSSR count). The third-order valence-corrected chi connectivity index (χ3v) is 10.1. The molecule has 5 aromatic rings. The summed E-state index contributed by atoms with van der Waals surface area (Å²) in [6.07, 6.45) is 0. The van der Waals surface area contributed by atoms with Crippen LogP contribution in [0.25, 0.3) is 22.0 Å². The topological polar surface area (TPSA) is 268 Å². The van der Waals surface area contributed by atoms with Crippen molar-refractivity contribution in [1.82, 2.24) is 4.98 Å². The van der Waals surface area contributed by atoms with Gasteiger partial charge in [0.25, 0.3) is 35.9 Å². The zero-order valence-corrected chi connectivity index (χ0v) is 25.7. The standard InChI is InChI=1S/C29H19N3O12S3/c30-16-10-17(20(46(39,40)41)12-19(16)45(36,37)38)31-18-11-21(47(42,43)44)26-24-22(14-8-4-5-9-15(14)28(34)23(18)24)25(29(35)32-26)27(33)13-6-2-1-3-7-13/h1-12,31H,30H2,(H,32,35)(H,36,37,38)(H,39,40,41)(H,42,43,44). The van der Waals surface area contributed by atoms with Gasteiger partial charge >= 0.3 is 0 Å². The van der Waals surface area contributed by atoms with E-state index in [0.29, 0.717) is 18.2 Å². The second kappa shape index (κ2) is 10.7. The summed E-state index contributed by atoms with van der Waals surface area (Å²) in [5, 5.41) is 2.15. The van der Waals surface area contributed by atoms with Gasteiger partial charge in [0.2, 0.25) is 0 Å². The van der Waals surface area contributed by atoms with E-state index < -0.39 is 95.9 Å². The molecule has 15 nitrogen and oxygen atoms in total. The van der Waals surface area contributed by atoms with Crippen molar-refractivity contribution >= 4 is 69.9 Å². The van der Waals surface area contributed by atoms with Crippen LogP contribution < -0.4 is 16.6 Å². The third kappa shape index (κ3) is 5.27. The van der Waals surface area contributed by atoms with Crippen LogP contribution in [-0.4, -0.2) is 55.5 Å². The molecule has 1 aliphatic carbocycles. The highest BCUT2D eigenvalue weighted by atomic mass is 32.2. The highest BCUT2D eigenvalue weighted by Gasteiger charge is 2.36. The van der Waals surface area contributed by atoms with Crippen LogP contribution in [0.5, 0.6) is 0 Å². The zero-order valence-electron chi connectivity index (χ0n) is 23.2. The summed E-state index contributed by atoms with van der Waals surface area (Å²) >= 11 is 0. The molecular formula is C29H19N3O12S3. The molecule has 1 aliphatic rings. The second-order valence-corrected chi connectivity index (χ2v) is 14.4. The van der Waals surface area contributed by atoms with Crippen LogP contribution in [0.1, 0.15) is 31.8 Å². The normalized spacial score (nSPS) is 13.0. The Morgan fingerprint density at radius 3 is 1.85 bits per heavy atom. The van der Waals surface area contributed by atoms with Gasteiger partial charge in [-0.1, -0.05) is 54.6 Å². The molecule has 0 amide bonds. The number of nitrogens with two attached hydrogens (primary N) is 1. The van der Waals surface area contributed by atoms with E-state index in [9.17, 15) is 53.3 Å². The number of hydrogen-bond donors (Lipinski definition) is 6. The number of nitrogens with one attached hydrogen (secondary N) is 2. The summed E-state index contributed by atoms with van der Waals surface area (Å²) in [6, 6.07) is 15.0. The first kappa shape index (κ1) is 31.7. The summed E-state index contributed by atoms with van der Waals surface area (Å²) in [4.78, 5) is 40.6. The average molecular weight is 698 g/mol. The Kier molecular flexibility index (Phi) is 7.19. The third-order valence-electron chi connectivity index (χ3n) is 7.40. The molecule has 0 spiro atoms. The summed E-state index contributed by atoms with van der Waals surface area (Å²) in [7, 11) is -15.7. The molecule has 18 heteroatoms. The van der Waals surface area contributed by atoms with Crippen LogP contribution in [0.15, 0.2) is 92.3 Å². The van der Waals surface area contributed by atoms with Gasteiger partial charge in [-0.15, -0.1) is 0 Å². The van der Waals surface area contributed by atoms with Crippen LogP contribution in [0.2, 0.25) is 0 Å². The predicted molar refractivity (Wildman–Crippen MR) is 167 cm³/mol. The molecule has 0 unspecified atom stereocenters. The summed E-state index contributed by atoms with van der Waals surface area (Å²) < 4.78 is 103. The van der Waals surface area contributed by atoms with Gasteiger partial charge in [-0.25, -0.2) is 0 Å². The molecule has 0 aliphatic heterocycles. The number of ketones is 2. The Labute approximate surface area is 264 Å². The van der Waals surface area contributed by atoms with Crippen molar-refractivity contribution < 1.29 is 48.5 Å². The zero-order chi connectivity index (χ0) is 34.2. The van der Waals surface area contributed by atoms with Gasteiger partial charge in [-0.2, -0.15) is 25.3 Å². The molecule has 4 aromatic carbocycles. The molecule has 0 saturated carbocycles. The molecule has 0 fully saturated rings. The summed E-state index contributed by atoms with van der Waals surface area (Å²) in [5.41, 5.74) is 1.24. The van der Waals surface area contributed by atoms with Gasteiger partial charge in [-0.05, 0) is 23.8 Å². The molecule has 240 valence electrons. The van der Waals surface area contributed by atoms with E-state index >= 15 is 0 Å². The van der Waals surface area contributed by atoms with Gasteiger partial charge in [0, 0.05) is 22.1 Å². The molecule has 0 atom stereocenters. The number of rotatable bonds is 7. The summed E-state index contributed by atoms with van der Waals surface area (Å²) in [6.45, 7) is 0. The molecule has 0 radical (unpaired) electrons. The summed E-state index contributed by atoms with van der Waals surface area (Å²) in [5.74, 6) is -1.60. The van der Waals surface area contributed by atoms with Crippen molar-refractivity contribution in [2.75, 3.05) is 11.1 Å². The Morgan fingerprint density at radius 2 is 1.26 bits per heavy atom. The predicted octanol–water partition coefficient (Wildman–Crippen LogP) is 3.04. The number of aromatic amines is 1. The van der Waals surface area contributed by atoms with Gasteiger partial charge in [0.1, 0.15) is 14.7 Å². The molecule has 0 saturated heterocycles. The monoisotopic (exact) mass is 697 g/mol. The van der Waals surface area contributed by atoms with E-state index in [2.05, 4.69) is 10.3 Å². The van der Waals surface area contributed by atoms with Crippen molar-refractivity contribution in [3.63, 3.8) is 0 Å². The maximum Gasteiger partial charge on any atom is 0.296 e.